The molecule has 1 aromatic heterocycles. The second-order valence-corrected chi connectivity index (χ2v) is 3.20. The molecule has 1 heterocycles. The zero-order chi connectivity index (χ0) is 9.68. The third kappa shape index (κ3) is 3.17. The summed E-state index contributed by atoms with van der Waals surface area (Å²) in [5.41, 5.74) is 2.14. The molecule has 0 aromatic carbocycles. The maximum Gasteiger partial charge on any atom is 0.207 e. The predicted octanol–water partition coefficient (Wildman–Crippen LogP) is 2.09. The summed E-state index contributed by atoms with van der Waals surface area (Å²) in [6.45, 7) is 4.74. The van der Waals surface area contributed by atoms with Gasteiger partial charge in [0.1, 0.15) is 0 Å². The van der Waals surface area contributed by atoms with Gasteiger partial charge in [0.2, 0.25) is 6.41 Å². The highest BCUT2D eigenvalue weighted by molar-refractivity contribution is 5.46. The molecule has 1 amide bonds. The van der Waals surface area contributed by atoms with Crippen LogP contribution in [0.2, 0.25) is 0 Å². The summed E-state index contributed by atoms with van der Waals surface area (Å²) >= 11 is 0. The van der Waals surface area contributed by atoms with Gasteiger partial charge in [-0.2, -0.15) is 0 Å². The Morgan fingerprint density at radius 2 is 2.29 bits per heavy atom. The first-order valence-corrected chi connectivity index (χ1v) is 4.36. The van der Waals surface area contributed by atoms with Gasteiger partial charge in [0, 0.05) is 18.4 Å². The van der Waals surface area contributed by atoms with E-state index in [1.54, 1.807) is 6.20 Å². The van der Waals surface area contributed by atoms with Crippen molar-refractivity contribution in [3.63, 3.8) is 0 Å². The number of pyridine rings is 1. The van der Waals surface area contributed by atoms with E-state index in [0.29, 0.717) is 18.9 Å². The number of nitrogens with zero attached hydrogens (tertiary/aromatic N) is 1. The lowest BCUT2D eigenvalue weighted by atomic mass is 10.0. The maximum atomic E-state index is 10.1. The highest BCUT2D eigenvalue weighted by Gasteiger charge is 2.05. The Labute approximate surface area is 85.6 Å². The van der Waals surface area contributed by atoms with Gasteiger partial charge in [0.15, 0.2) is 0 Å². The number of carbonyl (C=O) groups excluding carboxylic acids is 1. The number of hydrogen-bond acceptors (Lipinski definition) is 2. The molecule has 3 heteroatoms. The van der Waals surface area contributed by atoms with E-state index in [0.717, 1.165) is 11.3 Å². The van der Waals surface area contributed by atoms with Crippen LogP contribution in [-0.2, 0) is 11.3 Å². The quantitative estimate of drug-likeness (QED) is 0.746. The van der Waals surface area contributed by atoms with E-state index >= 15 is 0 Å². The van der Waals surface area contributed by atoms with Gasteiger partial charge in [-0.25, -0.2) is 0 Å². The molecule has 1 N–H and O–H groups in total. The zero-order valence-corrected chi connectivity index (χ0v) is 7.95. The fraction of sp³-hybridized carbons (Fsp3) is 0.455. The maximum absolute atomic E-state index is 10.1. The minimum absolute atomic E-state index is 0. The van der Waals surface area contributed by atoms with Gasteiger partial charge in [-0.1, -0.05) is 27.3 Å². The Balaban J connectivity index is 0.00000169. The van der Waals surface area contributed by atoms with Gasteiger partial charge in [-0.15, -0.1) is 0 Å². The molecular formula is C11H18N2O. The van der Waals surface area contributed by atoms with Crippen LogP contribution in [0.1, 0.15) is 38.4 Å². The Morgan fingerprint density at radius 1 is 1.57 bits per heavy atom. The van der Waals surface area contributed by atoms with E-state index in [1.807, 2.05) is 12.1 Å². The number of carbonyl (C=O) groups is 1. The third-order valence-corrected chi connectivity index (χ3v) is 1.85. The molecule has 3 nitrogen and oxygen atoms in total. The molecule has 0 aliphatic carbocycles. The molecule has 0 aliphatic rings. The predicted molar refractivity (Wildman–Crippen MR) is 58.0 cm³/mol. The lowest BCUT2D eigenvalue weighted by Crippen LogP contribution is -2.12. The van der Waals surface area contributed by atoms with Crippen LogP contribution in [0.4, 0.5) is 0 Å². The number of hydrogen-bond donors (Lipinski definition) is 1. The minimum Gasteiger partial charge on any atom is -0.355 e. The van der Waals surface area contributed by atoms with Gasteiger partial charge in [0.05, 0.1) is 0 Å². The van der Waals surface area contributed by atoms with Crippen LogP contribution >= 0.6 is 0 Å². The molecule has 14 heavy (non-hydrogen) atoms. The minimum atomic E-state index is 0. The second kappa shape index (κ2) is 6.13. The Bertz CT molecular complexity index is 284. The molecule has 0 atom stereocenters. The van der Waals surface area contributed by atoms with Crippen LogP contribution in [0.5, 0.6) is 0 Å². The Hall–Kier alpha value is -1.38. The highest BCUT2D eigenvalue weighted by Crippen LogP contribution is 2.15. The summed E-state index contributed by atoms with van der Waals surface area (Å²) in [6, 6.07) is 3.87. The van der Waals surface area contributed by atoms with Crippen LogP contribution in [0.15, 0.2) is 18.3 Å². The zero-order valence-electron chi connectivity index (χ0n) is 7.95. The molecule has 0 saturated carbocycles. The van der Waals surface area contributed by atoms with Gasteiger partial charge in [-0.3, -0.25) is 9.78 Å². The third-order valence-electron chi connectivity index (χ3n) is 1.85. The van der Waals surface area contributed by atoms with E-state index < -0.39 is 0 Å². The van der Waals surface area contributed by atoms with E-state index in [4.69, 9.17) is 0 Å². The van der Waals surface area contributed by atoms with Crippen molar-refractivity contribution in [2.24, 2.45) is 0 Å². The highest BCUT2D eigenvalue weighted by atomic mass is 16.1. The van der Waals surface area contributed by atoms with Crippen molar-refractivity contribution in [1.29, 1.82) is 0 Å². The molecule has 0 radical (unpaired) electrons. The molecule has 1 aromatic rings. The fourth-order valence-electron chi connectivity index (χ4n) is 1.27. The van der Waals surface area contributed by atoms with Crippen molar-refractivity contribution in [3.05, 3.63) is 29.6 Å². The van der Waals surface area contributed by atoms with Crippen molar-refractivity contribution < 1.29 is 4.79 Å². The summed E-state index contributed by atoms with van der Waals surface area (Å²) in [7, 11) is 0. The topological polar surface area (TPSA) is 42.0 Å². The lowest BCUT2D eigenvalue weighted by molar-refractivity contribution is -0.109. The fourth-order valence-corrected chi connectivity index (χ4v) is 1.27. The average molecular weight is 194 g/mol. The Kier molecular flexibility index (Phi) is 5.53. The summed E-state index contributed by atoms with van der Waals surface area (Å²) in [4.78, 5) is 14.4. The lowest BCUT2D eigenvalue weighted by Gasteiger charge is -2.09. The summed E-state index contributed by atoms with van der Waals surface area (Å²) in [5.74, 6) is 0.393. The van der Waals surface area contributed by atoms with Gasteiger partial charge >= 0.3 is 0 Å². The molecule has 1 rings (SSSR count). The van der Waals surface area contributed by atoms with Crippen molar-refractivity contribution in [2.45, 2.75) is 33.7 Å². The molecule has 0 saturated heterocycles. The van der Waals surface area contributed by atoms with Crippen molar-refractivity contribution in [1.82, 2.24) is 10.3 Å². The van der Waals surface area contributed by atoms with Crippen LogP contribution in [0.25, 0.3) is 0 Å². The SMILES string of the molecule is C.CC(C)c1ncccc1CNC=O. The molecule has 0 aliphatic heterocycles. The number of nitrogens with one attached hydrogen (secondary N) is 1. The first kappa shape index (κ1) is 12.6. The monoisotopic (exact) mass is 194 g/mol. The van der Waals surface area contributed by atoms with Gasteiger partial charge in [0.25, 0.3) is 0 Å². The van der Waals surface area contributed by atoms with E-state index in [2.05, 4.69) is 24.1 Å². The molecule has 0 fully saturated rings. The van der Waals surface area contributed by atoms with E-state index in [9.17, 15) is 4.79 Å². The number of amides is 1. The Morgan fingerprint density at radius 3 is 2.86 bits per heavy atom. The second-order valence-electron chi connectivity index (χ2n) is 3.20. The molecule has 0 unspecified atom stereocenters. The molecule has 78 valence electrons. The number of aromatic nitrogens is 1. The van der Waals surface area contributed by atoms with Gasteiger partial charge in [-0.05, 0) is 17.5 Å². The average Bonchev–Trinajstić information content (AvgIpc) is 2.15. The van der Waals surface area contributed by atoms with Crippen LogP contribution < -0.4 is 5.32 Å². The summed E-state index contributed by atoms with van der Waals surface area (Å²) in [6.07, 6.45) is 2.48. The van der Waals surface area contributed by atoms with Crippen molar-refractivity contribution in [2.75, 3.05) is 0 Å². The summed E-state index contributed by atoms with van der Waals surface area (Å²) < 4.78 is 0. The molecular weight excluding hydrogens is 176 g/mol. The smallest absolute Gasteiger partial charge is 0.207 e. The van der Waals surface area contributed by atoms with E-state index in [1.165, 1.54) is 0 Å². The standard InChI is InChI=1S/C10H14N2O.CH4/c1-8(2)10-9(6-11-7-13)4-3-5-12-10;/h3-5,7-8H,6H2,1-2H3,(H,11,13);1H4. The van der Waals surface area contributed by atoms with Crippen LogP contribution in [-0.4, -0.2) is 11.4 Å². The normalized spacial score (nSPS) is 9.36. The van der Waals surface area contributed by atoms with Crippen molar-refractivity contribution in [3.8, 4) is 0 Å². The summed E-state index contributed by atoms with van der Waals surface area (Å²) in [5, 5.41) is 2.64. The van der Waals surface area contributed by atoms with Crippen LogP contribution in [0.3, 0.4) is 0 Å². The van der Waals surface area contributed by atoms with Gasteiger partial charge < -0.3 is 5.32 Å². The first-order chi connectivity index (χ1) is 6.25. The molecule has 0 spiro atoms. The first-order valence-electron chi connectivity index (χ1n) is 4.36. The number of rotatable bonds is 4. The largest absolute Gasteiger partial charge is 0.355 e. The van der Waals surface area contributed by atoms with E-state index in [-0.39, 0.29) is 7.43 Å². The van der Waals surface area contributed by atoms with Crippen LogP contribution in [0, 0.1) is 0 Å². The molecule has 0 bridgehead atoms. The van der Waals surface area contributed by atoms with Crippen molar-refractivity contribution >= 4 is 6.41 Å².